The van der Waals surface area contributed by atoms with Gasteiger partial charge in [-0.2, -0.15) is 0 Å². The first kappa shape index (κ1) is 21.5. The molecule has 32 heavy (non-hydrogen) atoms. The Hall–Kier alpha value is -3.74. The van der Waals surface area contributed by atoms with Crippen LogP contribution in [0.15, 0.2) is 82.4 Å². The number of ether oxygens (including phenoxy) is 1. The molecule has 0 atom stereocenters. The Morgan fingerprint density at radius 2 is 1.69 bits per heavy atom. The number of furan rings is 1. The molecule has 2 aromatic carbocycles. The molecule has 4 rings (SSSR count). The van der Waals surface area contributed by atoms with Gasteiger partial charge in [-0.1, -0.05) is 48.5 Å². The van der Waals surface area contributed by atoms with E-state index in [2.05, 4.69) is 33.4 Å². The summed E-state index contributed by atoms with van der Waals surface area (Å²) in [7, 11) is 1.77. The van der Waals surface area contributed by atoms with Crippen LogP contribution in [-0.4, -0.2) is 68.0 Å². The standard InChI is InChI=1S/C25H28N4O3/c1-26-25(29-16-14-28(15-17-29)24(30)23-12-7-18-31-23)27-13-19-32-22-11-6-5-10-21(22)20-8-3-2-4-9-20/h2-12,18H,13-17,19H2,1H3,(H,26,27). The fourth-order valence-electron chi connectivity index (χ4n) is 3.78. The molecular weight excluding hydrogens is 404 g/mol. The quantitative estimate of drug-likeness (QED) is 0.367. The highest BCUT2D eigenvalue weighted by Gasteiger charge is 2.25. The number of para-hydroxylation sites is 1. The predicted molar refractivity (Wildman–Crippen MR) is 125 cm³/mol. The minimum atomic E-state index is -0.0666. The van der Waals surface area contributed by atoms with Crippen molar-refractivity contribution in [2.45, 2.75) is 0 Å². The van der Waals surface area contributed by atoms with Gasteiger partial charge < -0.3 is 24.3 Å². The van der Waals surface area contributed by atoms with Crippen LogP contribution in [-0.2, 0) is 0 Å². The lowest BCUT2D eigenvalue weighted by molar-refractivity contribution is 0.0657. The van der Waals surface area contributed by atoms with E-state index in [9.17, 15) is 4.79 Å². The van der Waals surface area contributed by atoms with E-state index in [-0.39, 0.29) is 5.91 Å². The molecule has 0 radical (unpaired) electrons. The Bertz CT molecular complexity index is 1030. The second-order valence-corrected chi connectivity index (χ2v) is 7.44. The summed E-state index contributed by atoms with van der Waals surface area (Å²) in [6.45, 7) is 3.82. The van der Waals surface area contributed by atoms with Crippen molar-refractivity contribution in [3.05, 3.63) is 78.8 Å². The first-order valence-electron chi connectivity index (χ1n) is 10.8. The van der Waals surface area contributed by atoms with Crippen LogP contribution in [0.5, 0.6) is 5.75 Å². The number of nitrogens with zero attached hydrogens (tertiary/aromatic N) is 3. The highest BCUT2D eigenvalue weighted by atomic mass is 16.5. The van der Waals surface area contributed by atoms with Crippen LogP contribution >= 0.6 is 0 Å². The molecule has 1 N–H and O–H groups in total. The van der Waals surface area contributed by atoms with Gasteiger partial charge in [0.05, 0.1) is 12.8 Å². The van der Waals surface area contributed by atoms with E-state index in [1.807, 2.05) is 41.3 Å². The molecule has 0 unspecified atom stereocenters. The molecule has 1 saturated heterocycles. The SMILES string of the molecule is CN=C(NCCOc1ccccc1-c1ccccc1)N1CCN(C(=O)c2ccco2)CC1. The van der Waals surface area contributed by atoms with Crippen LogP contribution in [0, 0.1) is 0 Å². The number of nitrogens with one attached hydrogen (secondary N) is 1. The largest absolute Gasteiger partial charge is 0.491 e. The van der Waals surface area contributed by atoms with Crippen molar-refractivity contribution in [3.63, 3.8) is 0 Å². The van der Waals surface area contributed by atoms with Crippen molar-refractivity contribution in [1.82, 2.24) is 15.1 Å². The van der Waals surface area contributed by atoms with Crippen molar-refractivity contribution < 1.29 is 13.9 Å². The molecule has 0 bridgehead atoms. The molecule has 3 aromatic rings. The summed E-state index contributed by atoms with van der Waals surface area (Å²) in [6, 6.07) is 21.7. The summed E-state index contributed by atoms with van der Waals surface area (Å²) in [5, 5.41) is 3.37. The Morgan fingerprint density at radius 1 is 0.969 bits per heavy atom. The predicted octanol–water partition coefficient (Wildman–Crippen LogP) is 3.36. The first-order chi connectivity index (χ1) is 15.8. The Morgan fingerprint density at radius 3 is 2.41 bits per heavy atom. The number of aliphatic imine (C=N–C) groups is 1. The molecule has 1 aromatic heterocycles. The van der Waals surface area contributed by atoms with Crippen LogP contribution in [0.2, 0.25) is 0 Å². The summed E-state index contributed by atoms with van der Waals surface area (Å²) in [5.41, 5.74) is 2.21. The van der Waals surface area contributed by atoms with Crippen molar-refractivity contribution in [2.75, 3.05) is 46.4 Å². The number of carbonyl (C=O) groups is 1. The van der Waals surface area contributed by atoms with E-state index >= 15 is 0 Å². The lowest BCUT2D eigenvalue weighted by Crippen LogP contribution is -2.54. The van der Waals surface area contributed by atoms with Gasteiger partial charge >= 0.3 is 0 Å². The van der Waals surface area contributed by atoms with Crippen LogP contribution in [0.1, 0.15) is 10.6 Å². The summed E-state index contributed by atoms with van der Waals surface area (Å²) in [5.74, 6) is 1.99. The number of carbonyl (C=O) groups excluding carboxylic acids is 1. The fourth-order valence-corrected chi connectivity index (χ4v) is 3.78. The van der Waals surface area contributed by atoms with Gasteiger partial charge in [-0.15, -0.1) is 0 Å². The number of amides is 1. The van der Waals surface area contributed by atoms with Crippen LogP contribution < -0.4 is 10.1 Å². The number of hydrogen-bond acceptors (Lipinski definition) is 4. The summed E-state index contributed by atoms with van der Waals surface area (Å²) < 4.78 is 11.3. The van der Waals surface area contributed by atoms with Gasteiger partial charge in [0.2, 0.25) is 0 Å². The van der Waals surface area contributed by atoms with Gasteiger partial charge in [0.15, 0.2) is 11.7 Å². The maximum Gasteiger partial charge on any atom is 0.289 e. The minimum absolute atomic E-state index is 0.0666. The molecule has 0 spiro atoms. The molecule has 1 amide bonds. The molecule has 1 aliphatic heterocycles. The zero-order valence-electron chi connectivity index (χ0n) is 18.2. The van der Waals surface area contributed by atoms with E-state index in [1.54, 1.807) is 19.2 Å². The molecule has 7 heteroatoms. The first-order valence-corrected chi connectivity index (χ1v) is 10.8. The van der Waals surface area contributed by atoms with Crippen LogP contribution in [0.25, 0.3) is 11.1 Å². The summed E-state index contributed by atoms with van der Waals surface area (Å²) >= 11 is 0. The van der Waals surface area contributed by atoms with Crippen molar-refractivity contribution in [3.8, 4) is 16.9 Å². The van der Waals surface area contributed by atoms with E-state index < -0.39 is 0 Å². The second-order valence-electron chi connectivity index (χ2n) is 7.44. The third-order valence-corrected chi connectivity index (χ3v) is 5.42. The van der Waals surface area contributed by atoms with Gasteiger partial charge in [0.25, 0.3) is 5.91 Å². The number of benzene rings is 2. The lowest BCUT2D eigenvalue weighted by atomic mass is 10.1. The Labute approximate surface area is 188 Å². The molecule has 1 fully saturated rings. The summed E-state index contributed by atoms with van der Waals surface area (Å²) in [4.78, 5) is 20.8. The lowest BCUT2D eigenvalue weighted by Gasteiger charge is -2.36. The van der Waals surface area contributed by atoms with Gasteiger partial charge in [-0.05, 0) is 23.8 Å². The average molecular weight is 433 g/mol. The smallest absolute Gasteiger partial charge is 0.289 e. The Balaban J connectivity index is 1.25. The average Bonchev–Trinajstić information content (AvgIpc) is 3.40. The molecule has 2 heterocycles. The van der Waals surface area contributed by atoms with E-state index in [4.69, 9.17) is 9.15 Å². The normalized spacial score (nSPS) is 14.3. The van der Waals surface area contributed by atoms with Gasteiger partial charge in [-0.3, -0.25) is 9.79 Å². The Kier molecular flexibility index (Phi) is 7.07. The number of piperazine rings is 1. The fraction of sp³-hybridized carbons (Fsp3) is 0.280. The summed E-state index contributed by atoms with van der Waals surface area (Å²) in [6.07, 6.45) is 1.52. The van der Waals surface area contributed by atoms with Gasteiger partial charge in [0, 0.05) is 38.8 Å². The highest BCUT2D eigenvalue weighted by Crippen LogP contribution is 2.29. The third-order valence-electron chi connectivity index (χ3n) is 5.42. The number of guanidine groups is 1. The zero-order valence-corrected chi connectivity index (χ0v) is 18.2. The molecule has 166 valence electrons. The number of rotatable bonds is 6. The van der Waals surface area contributed by atoms with Crippen molar-refractivity contribution in [2.24, 2.45) is 4.99 Å². The van der Waals surface area contributed by atoms with E-state index in [0.29, 0.717) is 45.1 Å². The topological polar surface area (TPSA) is 70.3 Å². The molecule has 7 nitrogen and oxygen atoms in total. The van der Waals surface area contributed by atoms with Gasteiger partial charge in [0.1, 0.15) is 12.4 Å². The van der Waals surface area contributed by atoms with Crippen molar-refractivity contribution >= 4 is 11.9 Å². The molecule has 1 aliphatic rings. The van der Waals surface area contributed by atoms with Crippen molar-refractivity contribution in [1.29, 1.82) is 0 Å². The monoisotopic (exact) mass is 432 g/mol. The highest BCUT2D eigenvalue weighted by molar-refractivity contribution is 5.91. The molecule has 0 aliphatic carbocycles. The van der Waals surface area contributed by atoms with Crippen LogP contribution in [0.4, 0.5) is 0 Å². The minimum Gasteiger partial charge on any atom is -0.491 e. The second kappa shape index (κ2) is 10.5. The maximum atomic E-state index is 12.4. The van der Waals surface area contributed by atoms with Crippen LogP contribution in [0.3, 0.4) is 0 Å². The zero-order chi connectivity index (χ0) is 22.2. The van der Waals surface area contributed by atoms with Gasteiger partial charge in [-0.25, -0.2) is 0 Å². The maximum absolute atomic E-state index is 12.4. The number of hydrogen-bond donors (Lipinski definition) is 1. The molecule has 0 saturated carbocycles. The van der Waals surface area contributed by atoms with E-state index in [0.717, 1.165) is 22.8 Å². The molecular formula is C25H28N4O3. The van der Waals surface area contributed by atoms with E-state index in [1.165, 1.54) is 6.26 Å². The third kappa shape index (κ3) is 5.11.